The lowest BCUT2D eigenvalue weighted by atomic mass is 9.59. The number of nitrogens with zero attached hydrogens (tertiary/aromatic N) is 1. The molecule has 2 atom stereocenters. The molecule has 3 aromatic rings. The Morgan fingerprint density at radius 1 is 0.970 bits per heavy atom. The van der Waals surface area contributed by atoms with Gasteiger partial charge in [-0.3, -0.25) is 4.98 Å². The standard InChI is InChI=1S/C28H28F3NO/c1-16(2)27-25(26(31)18-6-10-20(30)11-7-18)23(17-4-8-19(29)9-5-17)24-21(32-27)14-28(12-3-13-28)15-22(24)33/h4-11,16,22,26,33H,3,12-15H2,1-2H3. The molecule has 2 unspecified atom stereocenters. The fourth-order valence-corrected chi connectivity index (χ4v) is 5.60. The van der Waals surface area contributed by atoms with E-state index in [-0.39, 0.29) is 17.2 Å². The van der Waals surface area contributed by atoms with Crippen LogP contribution >= 0.6 is 0 Å². The van der Waals surface area contributed by atoms with Crippen LogP contribution in [0, 0.1) is 17.0 Å². The third kappa shape index (κ3) is 3.86. The molecular weight excluding hydrogens is 423 g/mol. The minimum absolute atomic E-state index is 0.0698. The summed E-state index contributed by atoms with van der Waals surface area (Å²) in [7, 11) is 0. The zero-order valence-electron chi connectivity index (χ0n) is 18.9. The SMILES string of the molecule is CC(C)c1nc2c(c(-c3ccc(F)cc3)c1C(F)c1ccc(F)cc1)C(O)CC1(CCC1)C2. The molecule has 2 nitrogen and oxygen atoms in total. The molecule has 5 rings (SSSR count). The lowest BCUT2D eigenvalue weighted by Gasteiger charge is -2.47. The van der Waals surface area contributed by atoms with Crippen molar-refractivity contribution in [2.45, 2.75) is 64.1 Å². The maximum Gasteiger partial charge on any atom is 0.153 e. The van der Waals surface area contributed by atoms with Crippen molar-refractivity contribution in [2.24, 2.45) is 5.41 Å². The zero-order valence-corrected chi connectivity index (χ0v) is 18.9. The van der Waals surface area contributed by atoms with Gasteiger partial charge in [0.1, 0.15) is 11.6 Å². The number of aliphatic hydroxyl groups is 1. The molecule has 2 aliphatic carbocycles. The van der Waals surface area contributed by atoms with Crippen LogP contribution in [0.4, 0.5) is 13.2 Å². The molecular formula is C28H28F3NO. The van der Waals surface area contributed by atoms with Crippen LogP contribution < -0.4 is 0 Å². The summed E-state index contributed by atoms with van der Waals surface area (Å²) < 4.78 is 43.6. The number of aliphatic hydroxyl groups excluding tert-OH is 1. The molecule has 1 spiro atoms. The van der Waals surface area contributed by atoms with E-state index in [1.54, 1.807) is 12.1 Å². The first-order chi connectivity index (χ1) is 15.8. The van der Waals surface area contributed by atoms with Gasteiger partial charge in [0.05, 0.1) is 11.8 Å². The smallest absolute Gasteiger partial charge is 0.153 e. The second kappa shape index (κ2) is 8.28. The molecule has 2 aromatic carbocycles. The number of halogens is 3. The van der Waals surface area contributed by atoms with Gasteiger partial charge < -0.3 is 5.11 Å². The van der Waals surface area contributed by atoms with Crippen molar-refractivity contribution in [3.8, 4) is 11.1 Å². The number of fused-ring (bicyclic) bond motifs is 1. The Hall–Kier alpha value is -2.66. The highest BCUT2D eigenvalue weighted by Crippen LogP contribution is 2.56. The van der Waals surface area contributed by atoms with Crippen LogP contribution in [0.15, 0.2) is 48.5 Å². The van der Waals surface area contributed by atoms with Crippen LogP contribution in [0.3, 0.4) is 0 Å². The highest BCUT2D eigenvalue weighted by atomic mass is 19.1. The Labute approximate surface area is 192 Å². The normalized spacial score (nSPS) is 19.9. The summed E-state index contributed by atoms with van der Waals surface area (Å²) in [5, 5.41) is 11.3. The average molecular weight is 452 g/mol. The molecule has 1 saturated carbocycles. The van der Waals surface area contributed by atoms with Gasteiger partial charge in [0, 0.05) is 16.8 Å². The minimum Gasteiger partial charge on any atom is -0.388 e. The van der Waals surface area contributed by atoms with Crippen LogP contribution in [0.2, 0.25) is 0 Å². The molecule has 1 heterocycles. The summed E-state index contributed by atoms with van der Waals surface area (Å²) >= 11 is 0. The Kier molecular flexibility index (Phi) is 5.56. The van der Waals surface area contributed by atoms with Crippen molar-refractivity contribution in [1.82, 2.24) is 4.98 Å². The first-order valence-electron chi connectivity index (χ1n) is 11.7. The maximum absolute atomic E-state index is 16.3. The Morgan fingerprint density at radius 2 is 1.58 bits per heavy atom. The fourth-order valence-electron chi connectivity index (χ4n) is 5.60. The second-order valence-electron chi connectivity index (χ2n) is 9.97. The molecule has 5 heteroatoms. The van der Waals surface area contributed by atoms with E-state index in [0.29, 0.717) is 39.9 Å². The van der Waals surface area contributed by atoms with Crippen LogP contribution in [0.25, 0.3) is 11.1 Å². The predicted octanol–water partition coefficient (Wildman–Crippen LogP) is 7.36. The minimum atomic E-state index is -1.56. The number of rotatable bonds is 4. The Morgan fingerprint density at radius 3 is 2.12 bits per heavy atom. The largest absolute Gasteiger partial charge is 0.388 e. The van der Waals surface area contributed by atoms with Crippen LogP contribution in [0.5, 0.6) is 0 Å². The molecule has 33 heavy (non-hydrogen) atoms. The second-order valence-corrected chi connectivity index (χ2v) is 9.97. The van der Waals surface area contributed by atoms with Gasteiger partial charge in [-0.1, -0.05) is 44.5 Å². The molecule has 172 valence electrons. The summed E-state index contributed by atoms with van der Waals surface area (Å²) in [5.74, 6) is -0.880. The van der Waals surface area contributed by atoms with Crippen molar-refractivity contribution in [1.29, 1.82) is 0 Å². The van der Waals surface area contributed by atoms with E-state index in [2.05, 4.69) is 0 Å². The van der Waals surface area contributed by atoms with Gasteiger partial charge in [-0.25, -0.2) is 13.2 Å². The monoisotopic (exact) mass is 451 g/mol. The molecule has 1 aromatic heterocycles. The van der Waals surface area contributed by atoms with Crippen molar-refractivity contribution in [2.75, 3.05) is 0 Å². The number of aromatic nitrogens is 1. The van der Waals surface area contributed by atoms with Crippen LogP contribution in [0.1, 0.15) is 85.8 Å². The first-order valence-corrected chi connectivity index (χ1v) is 11.7. The summed E-state index contributed by atoms with van der Waals surface area (Å²) in [6, 6.07) is 11.4. The zero-order chi connectivity index (χ0) is 23.3. The summed E-state index contributed by atoms with van der Waals surface area (Å²) in [4.78, 5) is 4.96. The highest BCUT2D eigenvalue weighted by Gasteiger charge is 2.45. The van der Waals surface area contributed by atoms with Crippen molar-refractivity contribution < 1.29 is 18.3 Å². The molecule has 0 amide bonds. The highest BCUT2D eigenvalue weighted by molar-refractivity contribution is 5.75. The Bertz CT molecular complexity index is 1170. The van der Waals surface area contributed by atoms with Crippen molar-refractivity contribution in [3.63, 3.8) is 0 Å². The van der Waals surface area contributed by atoms with Gasteiger partial charge in [0.2, 0.25) is 0 Å². The lowest BCUT2D eigenvalue weighted by molar-refractivity contribution is 0.0246. The lowest BCUT2D eigenvalue weighted by Crippen LogP contribution is -2.38. The molecule has 1 N–H and O–H groups in total. The summed E-state index contributed by atoms with van der Waals surface area (Å²) in [5.41, 5.74) is 4.14. The number of hydrogen-bond donors (Lipinski definition) is 1. The topological polar surface area (TPSA) is 33.1 Å². The molecule has 0 saturated heterocycles. The summed E-state index contributed by atoms with van der Waals surface area (Å²) in [6.45, 7) is 3.95. The van der Waals surface area contributed by atoms with Gasteiger partial charge in [0.25, 0.3) is 0 Å². The third-order valence-electron chi connectivity index (χ3n) is 7.39. The number of hydrogen-bond acceptors (Lipinski definition) is 2. The molecule has 0 aliphatic heterocycles. The quantitative estimate of drug-likeness (QED) is 0.450. The summed E-state index contributed by atoms with van der Waals surface area (Å²) in [6.07, 6.45) is 2.35. The first kappa shape index (κ1) is 22.1. The number of benzene rings is 2. The molecule has 0 radical (unpaired) electrons. The van der Waals surface area contributed by atoms with E-state index in [0.717, 1.165) is 31.4 Å². The van der Waals surface area contributed by atoms with Gasteiger partial charge >= 0.3 is 0 Å². The van der Waals surface area contributed by atoms with Crippen LogP contribution in [-0.4, -0.2) is 10.1 Å². The van der Waals surface area contributed by atoms with E-state index in [1.165, 1.54) is 36.4 Å². The van der Waals surface area contributed by atoms with E-state index in [9.17, 15) is 13.9 Å². The Balaban J connectivity index is 1.79. The fraction of sp³-hybridized carbons (Fsp3) is 0.393. The van der Waals surface area contributed by atoms with Gasteiger partial charge in [-0.2, -0.15) is 0 Å². The van der Waals surface area contributed by atoms with Crippen molar-refractivity contribution >= 4 is 0 Å². The number of alkyl halides is 1. The van der Waals surface area contributed by atoms with E-state index < -0.39 is 18.1 Å². The van der Waals surface area contributed by atoms with Gasteiger partial charge in [-0.05, 0) is 78.0 Å². The molecule has 0 bridgehead atoms. The molecule has 1 fully saturated rings. The van der Waals surface area contributed by atoms with E-state index in [1.807, 2.05) is 13.8 Å². The average Bonchev–Trinajstić information content (AvgIpc) is 2.77. The van der Waals surface area contributed by atoms with E-state index >= 15 is 4.39 Å². The molecule has 2 aliphatic rings. The van der Waals surface area contributed by atoms with Gasteiger partial charge in [0.15, 0.2) is 6.17 Å². The van der Waals surface area contributed by atoms with E-state index in [4.69, 9.17) is 4.98 Å². The van der Waals surface area contributed by atoms with Gasteiger partial charge in [-0.15, -0.1) is 0 Å². The van der Waals surface area contributed by atoms with Crippen molar-refractivity contribution in [3.05, 3.63) is 88.2 Å². The maximum atomic E-state index is 16.3. The third-order valence-corrected chi connectivity index (χ3v) is 7.39. The number of pyridine rings is 1. The van der Waals surface area contributed by atoms with Crippen LogP contribution in [-0.2, 0) is 6.42 Å². The predicted molar refractivity (Wildman–Crippen MR) is 123 cm³/mol.